The molecule has 0 amide bonds. The summed E-state index contributed by atoms with van der Waals surface area (Å²) < 4.78 is 0. The lowest BCUT2D eigenvalue weighted by molar-refractivity contribution is 0.337. The van der Waals surface area contributed by atoms with Gasteiger partial charge in [-0.2, -0.15) is 4.98 Å². The Hall–Kier alpha value is -1.36. The molecule has 1 aromatic rings. The van der Waals surface area contributed by atoms with Crippen LogP contribution in [0.4, 0.5) is 11.8 Å². The number of likely N-dealkylation sites (N-methyl/N-ethyl adjacent to an activating group) is 1. The predicted molar refractivity (Wildman–Crippen MR) is 70.5 cm³/mol. The van der Waals surface area contributed by atoms with E-state index in [0.29, 0.717) is 12.0 Å². The Labute approximate surface area is 103 Å². The summed E-state index contributed by atoms with van der Waals surface area (Å²) in [4.78, 5) is 13.4. The second-order valence-electron chi connectivity index (χ2n) is 4.65. The van der Waals surface area contributed by atoms with Gasteiger partial charge in [-0.3, -0.25) is 0 Å². The van der Waals surface area contributed by atoms with Crippen LogP contribution >= 0.6 is 0 Å². The normalized spacial score (nSPS) is 22.3. The molecule has 0 aromatic carbocycles. The minimum atomic E-state index is 0.488. The van der Waals surface area contributed by atoms with E-state index in [4.69, 9.17) is 0 Å². The first-order valence-electron chi connectivity index (χ1n) is 6.16. The second kappa shape index (κ2) is 5.31. The molecule has 17 heavy (non-hydrogen) atoms. The third-order valence-corrected chi connectivity index (χ3v) is 3.21. The first-order chi connectivity index (χ1) is 8.20. The Bertz CT molecular complexity index is 368. The van der Waals surface area contributed by atoms with Gasteiger partial charge in [0.2, 0.25) is 5.95 Å². The summed E-state index contributed by atoms with van der Waals surface area (Å²) in [7, 11) is 4.03. The number of anilines is 2. The van der Waals surface area contributed by atoms with Crippen molar-refractivity contribution in [3.05, 3.63) is 12.3 Å². The molecule has 0 radical (unpaired) electrons. The Balaban J connectivity index is 2.19. The Morgan fingerprint density at radius 3 is 3.00 bits per heavy atom. The van der Waals surface area contributed by atoms with Gasteiger partial charge < -0.3 is 15.1 Å². The molecule has 1 fully saturated rings. The number of hydrogen-bond donors (Lipinski definition) is 1. The number of nitrogens with zero attached hydrogens (tertiary/aromatic N) is 4. The number of hydrogen-bond acceptors (Lipinski definition) is 5. The fraction of sp³-hybridized carbons (Fsp3) is 0.667. The second-order valence-corrected chi connectivity index (χ2v) is 4.65. The monoisotopic (exact) mass is 235 g/mol. The van der Waals surface area contributed by atoms with E-state index in [1.54, 1.807) is 0 Å². The van der Waals surface area contributed by atoms with Crippen LogP contribution in [0.5, 0.6) is 0 Å². The molecule has 1 saturated heterocycles. The van der Waals surface area contributed by atoms with Gasteiger partial charge in [0.05, 0.1) is 0 Å². The molecular formula is C12H21N5. The first-order valence-corrected chi connectivity index (χ1v) is 6.16. The molecule has 1 N–H and O–H groups in total. The maximum absolute atomic E-state index is 4.52. The summed E-state index contributed by atoms with van der Waals surface area (Å²) in [6.45, 7) is 5.55. The average Bonchev–Trinajstić information content (AvgIpc) is 2.50. The van der Waals surface area contributed by atoms with Crippen molar-refractivity contribution in [2.45, 2.75) is 19.4 Å². The zero-order chi connectivity index (χ0) is 12.3. The standard InChI is InChI=1S/C12H21N5/c1-10-9-16(3)7-4-8-17(10)11-5-6-14-12(13-2)15-11/h5-6,10H,4,7-9H2,1-3H3,(H,13,14,15). The highest BCUT2D eigenvalue weighted by molar-refractivity contribution is 5.43. The van der Waals surface area contributed by atoms with Crippen molar-refractivity contribution in [2.24, 2.45) is 0 Å². The van der Waals surface area contributed by atoms with Crippen LogP contribution in [-0.2, 0) is 0 Å². The van der Waals surface area contributed by atoms with Gasteiger partial charge in [0.25, 0.3) is 0 Å². The number of rotatable bonds is 2. The average molecular weight is 235 g/mol. The Morgan fingerprint density at radius 1 is 1.41 bits per heavy atom. The smallest absolute Gasteiger partial charge is 0.224 e. The van der Waals surface area contributed by atoms with Crippen LogP contribution in [0.15, 0.2) is 12.3 Å². The fourth-order valence-corrected chi connectivity index (χ4v) is 2.34. The molecular weight excluding hydrogens is 214 g/mol. The molecule has 2 rings (SSSR count). The lowest BCUT2D eigenvalue weighted by atomic mass is 10.2. The van der Waals surface area contributed by atoms with E-state index in [0.717, 1.165) is 25.5 Å². The summed E-state index contributed by atoms with van der Waals surface area (Å²) in [6.07, 6.45) is 3.00. The highest BCUT2D eigenvalue weighted by Crippen LogP contribution is 2.18. The van der Waals surface area contributed by atoms with Crippen LogP contribution in [0.25, 0.3) is 0 Å². The summed E-state index contributed by atoms with van der Waals surface area (Å²) in [5.41, 5.74) is 0. The van der Waals surface area contributed by atoms with Crippen molar-refractivity contribution >= 4 is 11.8 Å². The van der Waals surface area contributed by atoms with Gasteiger partial charge in [0.15, 0.2) is 0 Å². The molecule has 0 aliphatic carbocycles. The maximum Gasteiger partial charge on any atom is 0.224 e. The molecule has 94 valence electrons. The van der Waals surface area contributed by atoms with Crippen LogP contribution < -0.4 is 10.2 Å². The van der Waals surface area contributed by atoms with Crippen LogP contribution in [0, 0.1) is 0 Å². The zero-order valence-electron chi connectivity index (χ0n) is 10.8. The van der Waals surface area contributed by atoms with Crippen molar-refractivity contribution in [1.82, 2.24) is 14.9 Å². The van der Waals surface area contributed by atoms with Crippen LogP contribution in [0.1, 0.15) is 13.3 Å². The molecule has 1 unspecified atom stereocenters. The van der Waals surface area contributed by atoms with Crippen LogP contribution in [-0.4, -0.2) is 54.6 Å². The minimum Gasteiger partial charge on any atom is -0.357 e. The summed E-state index contributed by atoms with van der Waals surface area (Å²) >= 11 is 0. The highest BCUT2D eigenvalue weighted by Gasteiger charge is 2.20. The number of aromatic nitrogens is 2. The van der Waals surface area contributed by atoms with Gasteiger partial charge in [-0.25, -0.2) is 4.98 Å². The van der Waals surface area contributed by atoms with Gasteiger partial charge in [0.1, 0.15) is 5.82 Å². The van der Waals surface area contributed by atoms with Gasteiger partial charge in [-0.15, -0.1) is 0 Å². The van der Waals surface area contributed by atoms with E-state index >= 15 is 0 Å². The van der Waals surface area contributed by atoms with Gasteiger partial charge in [-0.1, -0.05) is 0 Å². The maximum atomic E-state index is 4.52. The third kappa shape index (κ3) is 2.85. The largest absolute Gasteiger partial charge is 0.357 e. The third-order valence-electron chi connectivity index (χ3n) is 3.21. The van der Waals surface area contributed by atoms with Gasteiger partial charge >= 0.3 is 0 Å². The molecule has 0 saturated carbocycles. The van der Waals surface area contributed by atoms with Crippen molar-refractivity contribution < 1.29 is 0 Å². The van der Waals surface area contributed by atoms with Crippen molar-refractivity contribution in [1.29, 1.82) is 0 Å². The lowest BCUT2D eigenvalue weighted by Crippen LogP contribution is -2.38. The van der Waals surface area contributed by atoms with E-state index in [1.165, 1.54) is 6.42 Å². The van der Waals surface area contributed by atoms with E-state index < -0.39 is 0 Å². The summed E-state index contributed by atoms with van der Waals surface area (Å²) in [6, 6.07) is 2.48. The van der Waals surface area contributed by atoms with Gasteiger partial charge in [-0.05, 0) is 33.0 Å². The molecule has 5 heteroatoms. The molecule has 0 bridgehead atoms. The Kier molecular flexibility index (Phi) is 3.78. The molecule has 1 aliphatic heterocycles. The molecule has 1 aromatic heterocycles. The predicted octanol–water partition coefficient (Wildman–Crippen LogP) is 1.05. The highest BCUT2D eigenvalue weighted by atomic mass is 15.3. The minimum absolute atomic E-state index is 0.488. The number of nitrogens with one attached hydrogen (secondary N) is 1. The van der Waals surface area contributed by atoms with E-state index in [1.807, 2.05) is 19.3 Å². The van der Waals surface area contributed by atoms with Crippen molar-refractivity contribution in [3.8, 4) is 0 Å². The summed E-state index contributed by atoms with van der Waals surface area (Å²) in [5, 5.41) is 2.99. The molecule has 1 atom stereocenters. The topological polar surface area (TPSA) is 44.3 Å². The fourth-order valence-electron chi connectivity index (χ4n) is 2.34. The quantitative estimate of drug-likeness (QED) is 0.830. The van der Waals surface area contributed by atoms with E-state index in [2.05, 4.69) is 39.1 Å². The van der Waals surface area contributed by atoms with Crippen molar-refractivity contribution in [3.63, 3.8) is 0 Å². The lowest BCUT2D eigenvalue weighted by Gasteiger charge is -2.29. The molecule has 5 nitrogen and oxygen atoms in total. The molecule has 2 heterocycles. The van der Waals surface area contributed by atoms with Crippen molar-refractivity contribution in [2.75, 3.05) is 43.9 Å². The SMILES string of the molecule is CNc1nccc(N2CCCN(C)CC2C)n1. The first kappa shape index (κ1) is 12.1. The van der Waals surface area contributed by atoms with Crippen LogP contribution in [0.2, 0.25) is 0 Å². The Morgan fingerprint density at radius 2 is 2.24 bits per heavy atom. The van der Waals surface area contributed by atoms with E-state index in [9.17, 15) is 0 Å². The summed E-state index contributed by atoms with van der Waals surface area (Å²) in [5.74, 6) is 1.71. The molecule has 1 aliphatic rings. The zero-order valence-corrected chi connectivity index (χ0v) is 10.8. The van der Waals surface area contributed by atoms with E-state index in [-0.39, 0.29) is 0 Å². The van der Waals surface area contributed by atoms with Crippen LogP contribution in [0.3, 0.4) is 0 Å². The molecule has 0 spiro atoms. The van der Waals surface area contributed by atoms with Gasteiger partial charge in [0, 0.05) is 32.4 Å².